The third kappa shape index (κ3) is 4.55. The van der Waals surface area contributed by atoms with Crippen molar-refractivity contribution in [2.75, 3.05) is 25.1 Å². The van der Waals surface area contributed by atoms with Crippen LogP contribution in [0.5, 0.6) is 0 Å². The van der Waals surface area contributed by atoms with E-state index in [4.69, 9.17) is 9.63 Å². The van der Waals surface area contributed by atoms with E-state index in [2.05, 4.69) is 46.5 Å². The molecule has 4 rings (SSSR count). The minimum Gasteiger partial charge on any atom is -0.481 e. The van der Waals surface area contributed by atoms with Crippen LogP contribution >= 0.6 is 0 Å². The van der Waals surface area contributed by atoms with Gasteiger partial charge in [-0.15, -0.1) is 0 Å². The van der Waals surface area contributed by atoms with Gasteiger partial charge in [0.05, 0.1) is 6.42 Å². The summed E-state index contributed by atoms with van der Waals surface area (Å²) < 4.78 is 5.66. The SMILES string of the molecule is Cc1noc(-c2ccc(-c3ccc(C4(CC(=O)O)CC4)cc3)cc2)c1N(C)CCCCO. The minimum absolute atomic E-state index is 0.169. The quantitative estimate of drug-likeness (QED) is 0.435. The molecule has 0 saturated heterocycles. The normalized spacial score (nSPS) is 14.3. The highest BCUT2D eigenvalue weighted by Crippen LogP contribution is 2.51. The molecule has 1 aliphatic rings. The van der Waals surface area contributed by atoms with Crippen LogP contribution in [0, 0.1) is 6.92 Å². The van der Waals surface area contributed by atoms with E-state index in [-0.39, 0.29) is 18.4 Å². The Morgan fingerprint density at radius 3 is 2.19 bits per heavy atom. The first kappa shape index (κ1) is 22.1. The Morgan fingerprint density at radius 1 is 1.03 bits per heavy atom. The Hall–Kier alpha value is -3.12. The molecule has 6 nitrogen and oxygen atoms in total. The van der Waals surface area contributed by atoms with Crippen molar-refractivity contribution >= 4 is 11.7 Å². The highest BCUT2D eigenvalue weighted by atomic mass is 16.5. The summed E-state index contributed by atoms with van der Waals surface area (Å²) in [4.78, 5) is 13.3. The van der Waals surface area contributed by atoms with Crippen molar-refractivity contribution in [3.63, 3.8) is 0 Å². The fourth-order valence-electron chi connectivity index (χ4n) is 4.41. The number of hydrogen-bond acceptors (Lipinski definition) is 5. The van der Waals surface area contributed by atoms with Crippen molar-refractivity contribution in [2.24, 2.45) is 0 Å². The van der Waals surface area contributed by atoms with Gasteiger partial charge in [-0.05, 0) is 49.3 Å². The van der Waals surface area contributed by atoms with Crippen molar-refractivity contribution in [3.05, 3.63) is 59.8 Å². The molecule has 168 valence electrons. The van der Waals surface area contributed by atoms with Crippen molar-refractivity contribution < 1.29 is 19.5 Å². The van der Waals surface area contributed by atoms with Gasteiger partial charge < -0.3 is 19.6 Å². The zero-order valence-electron chi connectivity index (χ0n) is 18.7. The Morgan fingerprint density at radius 2 is 1.62 bits per heavy atom. The molecule has 0 bridgehead atoms. The van der Waals surface area contributed by atoms with Crippen LogP contribution in [0.15, 0.2) is 53.1 Å². The number of carboxylic acids is 1. The lowest BCUT2D eigenvalue weighted by atomic mass is 9.91. The van der Waals surface area contributed by atoms with Gasteiger partial charge in [0, 0.05) is 31.2 Å². The van der Waals surface area contributed by atoms with Gasteiger partial charge in [-0.1, -0.05) is 53.7 Å². The van der Waals surface area contributed by atoms with Gasteiger partial charge >= 0.3 is 5.97 Å². The number of anilines is 1. The lowest BCUT2D eigenvalue weighted by Gasteiger charge is -2.19. The smallest absolute Gasteiger partial charge is 0.304 e. The summed E-state index contributed by atoms with van der Waals surface area (Å²) in [7, 11) is 2.02. The van der Waals surface area contributed by atoms with E-state index in [0.717, 1.165) is 71.6 Å². The summed E-state index contributed by atoms with van der Waals surface area (Å²) in [6.07, 6.45) is 3.77. The summed E-state index contributed by atoms with van der Waals surface area (Å²) in [6, 6.07) is 16.5. The van der Waals surface area contributed by atoms with Gasteiger partial charge in [0.1, 0.15) is 11.4 Å². The number of aliphatic hydroxyl groups excluding tert-OH is 1. The number of hydrogen-bond donors (Lipinski definition) is 2. The Balaban J connectivity index is 1.51. The molecule has 1 heterocycles. The highest BCUT2D eigenvalue weighted by Gasteiger charge is 2.45. The average molecular weight is 435 g/mol. The Labute approximate surface area is 188 Å². The monoisotopic (exact) mass is 434 g/mol. The van der Waals surface area contributed by atoms with Crippen molar-refractivity contribution in [1.82, 2.24) is 5.16 Å². The molecule has 1 aromatic heterocycles. The molecule has 0 spiro atoms. The van der Waals surface area contributed by atoms with Crippen LogP contribution in [0.1, 0.15) is 43.4 Å². The number of aryl methyl sites for hydroxylation is 1. The molecule has 32 heavy (non-hydrogen) atoms. The molecular formula is C26H30N2O4. The molecule has 6 heteroatoms. The van der Waals surface area contributed by atoms with Crippen molar-refractivity contribution in [2.45, 2.75) is 44.4 Å². The minimum atomic E-state index is -0.733. The van der Waals surface area contributed by atoms with E-state index in [1.54, 1.807) is 0 Å². The molecule has 0 unspecified atom stereocenters. The predicted octanol–water partition coefficient (Wildman–Crippen LogP) is 5.03. The third-order valence-electron chi connectivity index (χ3n) is 6.44. The lowest BCUT2D eigenvalue weighted by Crippen LogP contribution is -2.19. The third-order valence-corrected chi connectivity index (χ3v) is 6.44. The molecule has 0 radical (unpaired) electrons. The molecule has 1 fully saturated rings. The van der Waals surface area contributed by atoms with Gasteiger partial charge in [0.2, 0.25) is 0 Å². The second-order valence-electron chi connectivity index (χ2n) is 8.80. The Kier molecular flexibility index (Phi) is 6.33. The second kappa shape index (κ2) is 9.17. The molecular weight excluding hydrogens is 404 g/mol. The predicted molar refractivity (Wildman–Crippen MR) is 125 cm³/mol. The number of aromatic nitrogens is 1. The van der Waals surface area contributed by atoms with E-state index >= 15 is 0 Å². The van der Waals surface area contributed by atoms with Crippen molar-refractivity contribution in [1.29, 1.82) is 0 Å². The van der Waals surface area contributed by atoms with Gasteiger partial charge in [0.15, 0.2) is 5.76 Å². The fourth-order valence-corrected chi connectivity index (χ4v) is 4.41. The number of nitrogens with zero attached hydrogens (tertiary/aromatic N) is 2. The Bertz CT molecular complexity index is 1070. The van der Waals surface area contributed by atoms with E-state index in [1.807, 2.05) is 26.1 Å². The van der Waals surface area contributed by atoms with Gasteiger partial charge in [0.25, 0.3) is 0 Å². The number of carbonyl (C=O) groups is 1. The van der Waals surface area contributed by atoms with Crippen LogP contribution in [0.4, 0.5) is 5.69 Å². The van der Waals surface area contributed by atoms with Crippen LogP contribution in [0.25, 0.3) is 22.5 Å². The first-order chi connectivity index (χ1) is 15.4. The second-order valence-corrected chi connectivity index (χ2v) is 8.80. The zero-order chi connectivity index (χ0) is 22.7. The number of aliphatic hydroxyl groups is 1. The maximum absolute atomic E-state index is 11.2. The van der Waals surface area contributed by atoms with Crippen LogP contribution in [0.3, 0.4) is 0 Å². The molecule has 0 amide bonds. The van der Waals surface area contributed by atoms with Crippen LogP contribution in [-0.2, 0) is 10.2 Å². The van der Waals surface area contributed by atoms with Gasteiger partial charge in [-0.3, -0.25) is 4.79 Å². The van der Waals surface area contributed by atoms with Crippen LogP contribution < -0.4 is 4.90 Å². The summed E-state index contributed by atoms with van der Waals surface area (Å²) in [5.74, 6) is 0.0171. The van der Waals surface area contributed by atoms with Crippen LogP contribution in [-0.4, -0.2) is 41.5 Å². The maximum Gasteiger partial charge on any atom is 0.304 e. The molecule has 2 aromatic carbocycles. The van der Waals surface area contributed by atoms with E-state index in [0.29, 0.717) is 0 Å². The summed E-state index contributed by atoms with van der Waals surface area (Å²) in [5.41, 5.74) is 5.94. The standard InChI is InChI=1S/C26H30N2O4/c1-18-24(28(2)15-3-4-16-29)25(32-27-18)21-7-5-19(6-8-21)20-9-11-22(12-10-20)26(13-14-26)17-23(30)31/h5-12,29H,3-4,13-17H2,1-2H3,(H,30,31). The summed E-state index contributed by atoms with van der Waals surface area (Å²) in [6.45, 7) is 2.97. The number of carboxylic acid groups (broad SMARTS) is 1. The van der Waals surface area contributed by atoms with Crippen molar-refractivity contribution in [3.8, 4) is 22.5 Å². The molecule has 3 aromatic rings. The maximum atomic E-state index is 11.2. The number of unbranched alkanes of at least 4 members (excludes halogenated alkanes) is 1. The molecule has 0 atom stereocenters. The van der Waals surface area contributed by atoms with Crippen LogP contribution in [0.2, 0.25) is 0 Å². The molecule has 2 N–H and O–H groups in total. The van der Waals surface area contributed by atoms with Gasteiger partial charge in [-0.2, -0.15) is 0 Å². The molecule has 1 saturated carbocycles. The topological polar surface area (TPSA) is 86.8 Å². The first-order valence-corrected chi connectivity index (χ1v) is 11.1. The molecule has 1 aliphatic carbocycles. The first-order valence-electron chi connectivity index (χ1n) is 11.1. The molecule has 0 aliphatic heterocycles. The van der Waals surface area contributed by atoms with E-state index < -0.39 is 5.97 Å². The summed E-state index contributed by atoms with van der Waals surface area (Å²) >= 11 is 0. The van der Waals surface area contributed by atoms with Gasteiger partial charge in [-0.25, -0.2) is 0 Å². The largest absolute Gasteiger partial charge is 0.481 e. The number of benzene rings is 2. The van der Waals surface area contributed by atoms with E-state index in [9.17, 15) is 9.90 Å². The number of aliphatic carboxylic acids is 1. The summed E-state index contributed by atoms with van der Waals surface area (Å²) in [5, 5.41) is 22.4. The average Bonchev–Trinajstić information content (AvgIpc) is 3.46. The fraction of sp³-hybridized carbons (Fsp3) is 0.385. The van der Waals surface area contributed by atoms with E-state index in [1.165, 1.54) is 0 Å². The highest BCUT2D eigenvalue weighted by molar-refractivity contribution is 5.77. The zero-order valence-corrected chi connectivity index (χ0v) is 18.7. The lowest BCUT2D eigenvalue weighted by molar-refractivity contribution is -0.137. The number of rotatable bonds is 10.